The van der Waals surface area contributed by atoms with E-state index in [0.29, 0.717) is 10.7 Å². The first-order valence-corrected chi connectivity index (χ1v) is 8.46. The third kappa shape index (κ3) is 3.41. The lowest BCUT2D eigenvalue weighted by molar-refractivity contribution is 0.102. The molecule has 1 atom stereocenters. The summed E-state index contributed by atoms with van der Waals surface area (Å²) < 4.78 is 14.1. The van der Waals surface area contributed by atoms with Crippen molar-refractivity contribution in [2.75, 3.05) is 11.1 Å². The molecule has 124 valence electrons. The Balaban J connectivity index is 1.90. The number of rotatable bonds is 3. The summed E-state index contributed by atoms with van der Waals surface area (Å²) in [5.41, 5.74) is 6.62. The van der Waals surface area contributed by atoms with E-state index >= 15 is 0 Å². The van der Waals surface area contributed by atoms with Crippen LogP contribution in [-0.4, -0.2) is 21.8 Å². The van der Waals surface area contributed by atoms with Gasteiger partial charge in [-0.1, -0.05) is 17.8 Å². The van der Waals surface area contributed by atoms with E-state index in [0.717, 1.165) is 17.7 Å². The maximum Gasteiger partial charge on any atom is 0.257 e. The molecule has 0 fully saturated rings. The summed E-state index contributed by atoms with van der Waals surface area (Å²) in [6.45, 7) is 1.96. The fourth-order valence-electron chi connectivity index (χ4n) is 2.54. The number of carbonyl (C=O) groups excluding carboxylic acids is 1. The van der Waals surface area contributed by atoms with Crippen LogP contribution in [0, 0.1) is 5.82 Å². The smallest absolute Gasteiger partial charge is 0.257 e. The predicted molar refractivity (Wildman–Crippen MR) is 94.6 cm³/mol. The molecule has 1 amide bonds. The van der Waals surface area contributed by atoms with Gasteiger partial charge in [-0.05, 0) is 43.2 Å². The van der Waals surface area contributed by atoms with Gasteiger partial charge in [-0.3, -0.25) is 14.8 Å². The standard InChI is InChI=1S/C17H17FN4OS/c1-17(6-8-24-16(19)22-17)12-4-5-13(18)14(9-12)21-15(23)11-3-2-7-20-10-11/h2-5,7,9-10H,6,8H2,1H3,(H2,19,22)(H,21,23). The first-order chi connectivity index (χ1) is 11.5. The molecule has 0 spiro atoms. The molecule has 24 heavy (non-hydrogen) atoms. The minimum absolute atomic E-state index is 0.120. The first kappa shape index (κ1) is 16.4. The van der Waals surface area contributed by atoms with E-state index in [2.05, 4.69) is 15.3 Å². The predicted octanol–water partition coefficient (Wildman–Crippen LogP) is 3.14. The zero-order chi connectivity index (χ0) is 17.2. The van der Waals surface area contributed by atoms with E-state index in [4.69, 9.17) is 5.73 Å². The normalized spacial score (nSPS) is 20.3. The van der Waals surface area contributed by atoms with Gasteiger partial charge in [0.05, 0.1) is 16.8 Å². The van der Waals surface area contributed by atoms with Gasteiger partial charge in [0.2, 0.25) is 0 Å². The number of anilines is 1. The number of benzene rings is 1. The third-order valence-electron chi connectivity index (χ3n) is 3.96. The second kappa shape index (κ2) is 6.60. The number of aromatic nitrogens is 1. The summed E-state index contributed by atoms with van der Waals surface area (Å²) >= 11 is 1.51. The Morgan fingerprint density at radius 1 is 1.42 bits per heavy atom. The maximum absolute atomic E-state index is 14.1. The average Bonchev–Trinajstić information content (AvgIpc) is 2.57. The van der Waals surface area contributed by atoms with E-state index in [1.54, 1.807) is 30.5 Å². The van der Waals surface area contributed by atoms with Gasteiger partial charge in [-0.15, -0.1) is 0 Å². The average molecular weight is 344 g/mol. The summed E-state index contributed by atoms with van der Waals surface area (Å²) in [7, 11) is 0. The second-order valence-corrected chi connectivity index (χ2v) is 6.83. The Bertz CT molecular complexity index is 796. The largest absolute Gasteiger partial charge is 0.379 e. The van der Waals surface area contributed by atoms with E-state index in [9.17, 15) is 9.18 Å². The molecule has 3 N–H and O–H groups in total. The zero-order valence-corrected chi connectivity index (χ0v) is 13.9. The van der Waals surface area contributed by atoms with Crippen molar-refractivity contribution in [2.45, 2.75) is 18.9 Å². The van der Waals surface area contributed by atoms with Crippen LogP contribution in [0.25, 0.3) is 0 Å². The minimum Gasteiger partial charge on any atom is -0.379 e. The number of halogens is 1. The molecule has 0 aliphatic carbocycles. The lowest BCUT2D eigenvalue weighted by atomic mass is 9.89. The van der Waals surface area contributed by atoms with E-state index in [1.807, 2.05) is 6.92 Å². The summed E-state index contributed by atoms with van der Waals surface area (Å²) in [5, 5.41) is 3.12. The summed E-state index contributed by atoms with van der Waals surface area (Å²) in [6, 6.07) is 7.92. The van der Waals surface area contributed by atoms with Crippen molar-refractivity contribution >= 4 is 28.5 Å². The minimum atomic E-state index is -0.517. The zero-order valence-electron chi connectivity index (χ0n) is 13.1. The van der Waals surface area contributed by atoms with Crippen LogP contribution in [0.5, 0.6) is 0 Å². The molecule has 0 bridgehead atoms. The molecule has 1 aliphatic rings. The van der Waals surface area contributed by atoms with Gasteiger partial charge in [-0.2, -0.15) is 0 Å². The molecule has 1 unspecified atom stereocenters. The van der Waals surface area contributed by atoms with Crippen molar-refractivity contribution in [1.82, 2.24) is 4.98 Å². The van der Waals surface area contributed by atoms with Gasteiger partial charge < -0.3 is 11.1 Å². The molecule has 1 aromatic heterocycles. The molecule has 3 rings (SSSR count). The number of aliphatic imine (C=N–C) groups is 1. The van der Waals surface area contributed by atoms with Gasteiger partial charge in [-0.25, -0.2) is 4.39 Å². The molecule has 0 radical (unpaired) electrons. The SMILES string of the molecule is CC1(c2ccc(F)c(NC(=O)c3cccnc3)c2)CCSC(N)=N1. The molecule has 0 saturated heterocycles. The van der Waals surface area contributed by atoms with Crippen LogP contribution in [0.15, 0.2) is 47.7 Å². The van der Waals surface area contributed by atoms with Crippen molar-refractivity contribution < 1.29 is 9.18 Å². The Kier molecular flexibility index (Phi) is 4.53. The van der Waals surface area contributed by atoms with Gasteiger partial charge >= 0.3 is 0 Å². The van der Waals surface area contributed by atoms with Crippen LogP contribution in [0.2, 0.25) is 0 Å². The monoisotopic (exact) mass is 344 g/mol. The number of nitrogens with one attached hydrogen (secondary N) is 1. The van der Waals surface area contributed by atoms with Crippen molar-refractivity contribution in [2.24, 2.45) is 10.7 Å². The Hall–Kier alpha value is -2.41. The molecular weight excluding hydrogens is 327 g/mol. The molecule has 7 heteroatoms. The Morgan fingerprint density at radius 3 is 2.96 bits per heavy atom. The molecule has 2 aromatic rings. The summed E-state index contributed by atoms with van der Waals surface area (Å²) in [5.74, 6) is -0.0612. The number of amidine groups is 1. The van der Waals surface area contributed by atoms with Gasteiger partial charge in [0.15, 0.2) is 5.17 Å². The Morgan fingerprint density at radius 2 is 2.25 bits per heavy atom. The van der Waals surface area contributed by atoms with Gasteiger partial charge in [0.1, 0.15) is 5.82 Å². The number of carbonyl (C=O) groups is 1. The lowest BCUT2D eigenvalue weighted by Gasteiger charge is -2.30. The van der Waals surface area contributed by atoms with Gasteiger partial charge in [0.25, 0.3) is 5.91 Å². The van der Waals surface area contributed by atoms with Crippen LogP contribution in [-0.2, 0) is 5.54 Å². The van der Waals surface area contributed by atoms with E-state index < -0.39 is 17.3 Å². The lowest BCUT2D eigenvalue weighted by Crippen LogP contribution is -2.29. The van der Waals surface area contributed by atoms with Crippen LogP contribution in [0.1, 0.15) is 29.3 Å². The van der Waals surface area contributed by atoms with Crippen LogP contribution < -0.4 is 11.1 Å². The third-order valence-corrected chi connectivity index (χ3v) is 4.75. The number of thioether (sulfide) groups is 1. The van der Waals surface area contributed by atoms with Gasteiger partial charge in [0, 0.05) is 18.1 Å². The summed E-state index contributed by atoms with van der Waals surface area (Å²) in [4.78, 5) is 20.6. The molecule has 2 heterocycles. The van der Waals surface area contributed by atoms with Crippen molar-refractivity contribution in [3.8, 4) is 0 Å². The number of pyridine rings is 1. The number of amides is 1. The highest BCUT2D eigenvalue weighted by Gasteiger charge is 2.30. The van der Waals surface area contributed by atoms with Crippen LogP contribution >= 0.6 is 11.8 Å². The quantitative estimate of drug-likeness (QED) is 0.896. The molecule has 0 saturated carbocycles. The highest BCUT2D eigenvalue weighted by molar-refractivity contribution is 8.13. The van der Waals surface area contributed by atoms with Crippen molar-refractivity contribution in [3.05, 3.63) is 59.7 Å². The summed E-state index contributed by atoms with van der Waals surface area (Å²) in [6.07, 6.45) is 3.80. The Labute approximate surface area is 143 Å². The van der Waals surface area contributed by atoms with E-state index in [-0.39, 0.29) is 5.69 Å². The number of hydrogen-bond acceptors (Lipinski definition) is 5. The highest BCUT2D eigenvalue weighted by Crippen LogP contribution is 2.36. The van der Waals surface area contributed by atoms with Crippen molar-refractivity contribution in [1.29, 1.82) is 0 Å². The van der Waals surface area contributed by atoms with E-state index in [1.165, 1.54) is 24.0 Å². The highest BCUT2D eigenvalue weighted by atomic mass is 32.2. The number of hydrogen-bond donors (Lipinski definition) is 2. The topological polar surface area (TPSA) is 80.4 Å². The maximum atomic E-state index is 14.1. The van der Waals surface area contributed by atoms with Crippen LogP contribution in [0.3, 0.4) is 0 Å². The molecular formula is C17H17FN4OS. The number of nitrogens with zero attached hydrogens (tertiary/aromatic N) is 2. The fourth-order valence-corrected chi connectivity index (χ4v) is 3.52. The van der Waals surface area contributed by atoms with Crippen molar-refractivity contribution in [3.63, 3.8) is 0 Å². The first-order valence-electron chi connectivity index (χ1n) is 7.47. The molecule has 1 aliphatic heterocycles. The molecule has 1 aromatic carbocycles. The molecule has 5 nitrogen and oxygen atoms in total. The second-order valence-electron chi connectivity index (χ2n) is 5.71. The fraction of sp³-hybridized carbons (Fsp3) is 0.235. The van der Waals surface area contributed by atoms with Crippen LogP contribution in [0.4, 0.5) is 10.1 Å². The number of nitrogens with two attached hydrogens (primary N) is 1.